The van der Waals surface area contributed by atoms with E-state index in [0.29, 0.717) is 0 Å². The Kier molecular flexibility index (Phi) is 2.19. The maximum absolute atomic E-state index is 13.5. The number of carbonyl (C=O) groups is 2. The van der Waals surface area contributed by atoms with Crippen LogP contribution in [-0.4, -0.2) is 26.3 Å². The number of anilines is 1. The second-order valence-corrected chi connectivity index (χ2v) is 3.34. The summed E-state index contributed by atoms with van der Waals surface area (Å²) >= 11 is 0. The Balaban J connectivity index is 2.45. The molecule has 1 saturated heterocycles. The van der Waals surface area contributed by atoms with E-state index in [1.807, 2.05) is 0 Å². The standard InChI is InChI=1S/C9H8BFN2O2/c10-5-1-2-7(6(11)3-5)13-8(14)4-12-9(13)15/h1-3H,4,10H2,(H,12,15). The van der Waals surface area contributed by atoms with Crippen molar-refractivity contribution in [3.63, 3.8) is 0 Å². The number of imide groups is 1. The van der Waals surface area contributed by atoms with Crippen LogP contribution in [-0.2, 0) is 4.79 Å². The summed E-state index contributed by atoms with van der Waals surface area (Å²) in [6, 6.07) is 3.78. The number of hydrogen-bond acceptors (Lipinski definition) is 2. The van der Waals surface area contributed by atoms with Crippen LogP contribution in [0.3, 0.4) is 0 Å². The minimum Gasteiger partial charge on any atom is -0.328 e. The average molecular weight is 206 g/mol. The summed E-state index contributed by atoms with van der Waals surface area (Å²) in [5, 5.41) is 2.33. The molecule has 0 aromatic heterocycles. The quantitative estimate of drug-likeness (QED) is 0.480. The van der Waals surface area contributed by atoms with Gasteiger partial charge in [-0.1, -0.05) is 11.5 Å². The molecule has 1 aromatic rings. The molecule has 0 saturated carbocycles. The highest BCUT2D eigenvalue weighted by atomic mass is 19.1. The zero-order valence-electron chi connectivity index (χ0n) is 8.08. The van der Waals surface area contributed by atoms with E-state index in [1.165, 1.54) is 12.1 Å². The number of benzene rings is 1. The van der Waals surface area contributed by atoms with E-state index >= 15 is 0 Å². The minimum atomic E-state index is -0.581. The van der Waals surface area contributed by atoms with Crippen LogP contribution >= 0.6 is 0 Å². The molecule has 15 heavy (non-hydrogen) atoms. The van der Waals surface area contributed by atoms with Gasteiger partial charge in [-0.25, -0.2) is 14.1 Å². The molecule has 0 unspecified atom stereocenters. The predicted molar refractivity (Wildman–Crippen MR) is 55.5 cm³/mol. The highest BCUT2D eigenvalue weighted by molar-refractivity contribution is 6.32. The SMILES string of the molecule is Bc1ccc(N2C(=O)CNC2=O)c(F)c1. The molecule has 3 amide bonds. The molecule has 2 rings (SSSR count). The van der Waals surface area contributed by atoms with Gasteiger partial charge in [0.1, 0.15) is 13.7 Å². The maximum atomic E-state index is 13.5. The fourth-order valence-corrected chi connectivity index (χ4v) is 1.46. The molecule has 1 N–H and O–H groups in total. The van der Waals surface area contributed by atoms with Crippen molar-refractivity contribution in [3.05, 3.63) is 24.0 Å². The molecule has 0 aliphatic carbocycles. The van der Waals surface area contributed by atoms with E-state index in [0.717, 1.165) is 10.4 Å². The van der Waals surface area contributed by atoms with Crippen molar-refractivity contribution in [3.8, 4) is 0 Å². The van der Waals surface area contributed by atoms with Crippen LogP contribution in [0.5, 0.6) is 0 Å². The van der Waals surface area contributed by atoms with Gasteiger partial charge in [-0.2, -0.15) is 0 Å². The van der Waals surface area contributed by atoms with Gasteiger partial charge in [-0.15, -0.1) is 0 Å². The molecule has 0 atom stereocenters. The van der Waals surface area contributed by atoms with Crippen LogP contribution in [0.25, 0.3) is 0 Å². The van der Waals surface area contributed by atoms with Crippen LogP contribution in [0, 0.1) is 5.82 Å². The minimum absolute atomic E-state index is 0.000556. The first-order valence-electron chi connectivity index (χ1n) is 4.46. The lowest BCUT2D eigenvalue weighted by atomic mass is 9.96. The van der Waals surface area contributed by atoms with Gasteiger partial charge >= 0.3 is 6.03 Å². The Bertz CT molecular complexity index is 434. The number of urea groups is 1. The fourth-order valence-electron chi connectivity index (χ4n) is 1.46. The zero-order valence-corrected chi connectivity index (χ0v) is 8.08. The van der Waals surface area contributed by atoms with E-state index in [-0.39, 0.29) is 12.2 Å². The van der Waals surface area contributed by atoms with E-state index in [9.17, 15) is 14.0 Å². The number of nitrogens with zero attached hydrogens (tertiary/aromatic N) is 1. The number of halogens is 1. The summed E-state index contributed by atoms with van der Waals surface area (Å²) in [4.78, 5) is 23.4. The largest absolute Gasteiger partial charge is 0.329 e. The molecule has 76 valence electrons. The predicted octanol–water partition coefficient (Wildman–Crippen LogP) is -0.860. The Morgan fingerprint density at radius 1 is 1.40 bits per heavy atom. The molecule has 1 aromatic carbocycles. The summed E-state index contributed by atoms with van der Waals surface area (Å²) in [5.41, 5.74) is 0.740. The van der Waals surface area contributed by atoms with Gasteiger partial charge in [0, 0.05) is 0 Å². The van der Waals surface area contributed by atoms with Crippen molar-refractivity contribution >= 4 is 30.9 Å². The van der Waals surface area contributed by atoms with Gasteiger partial charge in [0.25, 0.3) is 5.91 Å². The van der Waals surface area contributed by atoms with Crippen LogP contribution < -0.4 is 15.7 Å². The Labute approximate surface area is 86.5 Å². The van der Waals surface area contributed by atoms with Gasteiger partial charge in [-0.3, -0.25) is 4.79 Å². The average Bonchev–Trinajstić information content (AvgIpc) is 2.48. The normalized spacial score (nSPS) is 15.7. The van der Waals surface area contributed by atoms with Gasteiger partial charge in [0.05, 0.1) is 12.2 Å². The topological polar surface area (TPSA) is 49.4 Å². The van der Waals surface area contributed by atoms with Crippen molar-refractivity contribution < 1.29 is 14.0 Å². The van der Waals surface area contributed by atoms with Crippen LogP contribution in [0.2, 0.25) is 0 Å². The molecular formula is C9H8BFN2O2. The Morgan fingerprint density at radius 2 is 2.13 bits per heavy atom. The summed E-state index contributed by atoms with van der Waals surface area (Å²) in [6.45, 7) is -0.0772. The lowest BCUT2D eigenvalue weighted by molar-refractivity contribution is -0.115. The maximum Gasteiger partial charge on any atom is 0.329 e. The molecular weight excluding hydrogens is 198 g/mol. The first kappa shape index (κ1) is 9.70. The van der Waals surface area contributed by atoms with E-state index in [2.05, 4.69) is 5.32 Å². The van der Waals surface area contributed by atoms with Crippen molar-refractivity contribution in [1.29, 1.82) is 0 Å². The van der Waals surface area contributed by atoms with Crippen LogP contribution in [0.15, 0.2) is 18.2 Å². The third kappa shape index (κ3) is 1.58. The second-order valence-electron chi connectivity index (χ2n) is 3.34. The van der Waals surface area contributed by atoms with Gasteiger partial charge < -0.3 is 5.32 Å². The molecule has 1 fully saturated rings. The molecule has 1 aliphatic heterocycles. The summed E-state index contributed by atoms with van der Waals surface area (Å²) in [6.07, 6.45) is 0. The molecule has 1 aliphatic rings. The molecule has 6 heteroatoms. The van der Waals surface area contributed by atoms with Crippen molar-refractivity contribution in [2.45, 2.75) is 0 Å². The molecule has 0 spiro atoms. The molecule has 4 nitrogen and oxygen atoms in total. The van der Waals surface area contributed by atoms with Crippen LogP contribution in [0.4, 0.5) is 14.9 Å². The second kappa shape index (κ2) is 3.38. The number of hydrogen-bond donors (Lipinski definition) is 1. The van der Waals surface area contributed by atoms with Crippen LogP contribution in [0.1, 0.15) is 0 Å². The Morgan fingerprint density at radius 3 is 2.67 bits per heavy atom. The van der Waals surface area contributed by atoms with Gasteiger partial charge in [-0.05, 0) is 12.1 Å². The monoisotopic (exact) mass is 206 g/mol. The Hall–Kier alpha value is -1.85. The fraction of sp³-hybridized carbons (Fsp3) is 0.111. The number of rotatable bonds is 1. The molecule has 0 radical (unpaired) electrons. The number of nitrogens with one attached hydrogen (secondary N) is 1. The van der Waals surface area contributed by atoms with Gasteiger partial charge in [0.15, 0.2) is 0 Å². The summed E-state index contributed by atoms with van der Waals surface area (Å²) < 4.78 is 13.5. The smallest absolute Gasteiger partial charge is 0.328 e. The lowest BCUT2D eigenvalue weighted by Crippen LogP contribution is -2.31. The van der Waals surface area contributed by atoms with Crippen molar-refractivity contribution in [2.75, 3.05) is 11.4 Å². The van der Waals surface area contributed by atoms with Crippen molar-refractivity contribution in [1.82, 2.24) is 5.32 Å². The first-order valence-corrected chi connectivity index (χ1v) is 4.46. The summed E-state index contributed by atoms with van der Waals surface area (Å²) in [7, 11) is 1.73. The third-order valence-corrected chi connectivity index (χ3v) is 2.19. The highest BCUT2D eigenvalue weighted by Gasteiger charge is 2.31. The molecule has 0 bridgehead atoms. The van der Waals surface area contributed by atoms with E-state index in [4.69, 9.17) is 0 Å². The van der Waals surface area contributed by atoms with Gasteiger partial charge in [0.2, 0.25) is 0 Å². The highest BCUT2D eigenvalue weighted by Crippen LogP contribution is 2.19. The number of amides is 3. The van der Waals surface area contributed by atoms with E-state index < -0.39 is 17.8 Å². The number of carbonyl (C=O) groups excluding carboxylic acids is 2. The first-order chi connectivity index (χ1) is 7.09. The third-order valence-electron chi connectivity index (χ3n) is 2.19. The van der Waals surface area contributed by atoms with E-state index in [1.54, 1.807) is 13.9 Å². The zero-order chi connectivity index (χ0) is 11.0. The van der Waals surface area contributed by atoms with Crippen molar-refractivity contribution in [2.24, 2.45) is 0 Å². The summed E-state index contributed by atoms with van der Waals surface area (Å²) in [5.74, 6) is -1.01. The lowest BCUT2D eigenvalue weighted by Gasteiger charge is -2.13. The molecule has 1 heterocycles.